The van der Waals surface area contributed by atoms with Crippen LogP contribution in [0.15, 0.2) is 34.9 Å². The third-order valence-electron chi connectivity index (χ3n) is 4.48. The standard InChI is InChI=1S/C18H23FN4O3/c1-21(10-11-24)18(25)15-13-26-17(20-15)12-22-6-8-23(9-7-22)16-5-3-2-4-14(16)19/h2-5,13,24H,6-12H2,1H3. The van der Waals surface area contributed by atoms with Crippen molar-refractivity contribution in [2.45, 2.75) is 6.54 Å². The number of aliphatic hydroxyl groups excluding tert-OH is 1. The normalized spacial score (nSPS) is 15.3. The summed E-state index contributed by atoms with van der Waals surface area (Å²) in [6.45, 7) is 3.59. The van der Waals surface area contributed by atoms with E-state index < -0.39 is 0 Å². The molecule has 0 aliphatic carbocycles. The predicted octanol–water partition coefficient (Wildman–Crippen LogP) is 1.20. The van der Waals surface area contributed by atoms with Crippen LogP contribution in [0.2, 0.25) is 0 Å². The lowest BCUT2D eigenvalue weighted by Crippen LogP contribution is -2.46. The fourth-order valence-electron chi connectivity index (χ4n) is 2.98. The van der Waals surface area contributed by atoms with Crippen molar-refractivity contribution in [3.8, 4) is 0 Å². The van der Waals surface area contributed by atoms with Crippen LogP contribution < -0.4 is 4.90 Å². The van der Waals surface area contributed by atoms with E-state index in [2.05, 4.69) is 9.88 Å². The van der Waals surface area contributed by atoms with Crippen LogP contribution in [0.3, 0.4) is 0 Å². The third kappa shape index (κ3) is 4.20. The van der Waals surface area contributed by atoms with Crippen LogP contribution in [0.1, 0.15) is 16.4 Å². The topological polar surface area (TPSA) is 73.1 Å². The maximum Gasteiger partial charge on any atom is 0.275 e. The first-order valence-electron chi connectivity index (χ1n) is 8.61. The van der Waals surface area contributed by atoms with Crippen LogP contribution in [0.4, 0.5) is 10.1 Å². The maximum atomic E-state index is 13.9. The average molecular weight is 362 g/mol. The van der Waals surface area contributed by atoms with Gasteiger partial charge in [-0.1, -0.05) is 12.1 Å². The van der Waals surface area contributed by atoms with E-state index in [1.807, 2.05) is 11.0 Å². The average Bonchev–Trinajstić information content (AvgIpc) is 3.11. The molecular weight excluding hydrogens is 339 g/mol. The van der Waals surface area contributed by atoms with Crippen molar-refractivity contribution >= 4 is 11.6 Å². The third-order valence-corrected chi connectivity index (χ3v) is 4.48. The first-order chi connectivity index (χ1) is 12.6. The van der Waals surface area contributed by atoms with Gasteiger partial charge in [0.1, 0.15) is 12.1 Å². The molecule has 3 rings (SSSR count). The fraction of sp³-hybridized carbons (Fsp3) is 0.444. The molecule has 0 unspecified atom stereocenters. The second-order valence-corrected chi connectivity index (χ2v) is 6.29. The van der Waals surface area contributed by atoms with Crippen molar-refractivity contribution in [3.05, 3.63) is 47.9 Å². The fourth-order valence-corrected chi connectivity index (χ4v) is 2.98. The monoisotopic (exact) mass is 362 g/mol. The van der Waals surface area contributed by atoms with Gasteiger partial charge in [0.15, 0.2) is 5.69 Å². The summed E-state index contributed by atoms with van der Waals surface area (Å²) >= 11 is 0. The summed E-state index contributed by atoms with van der Waals surface area (Å²) in [4.78, 5) is 21.9. The van der Waals surface area contributed by atoms with Gasteiger partial charge in [0.2, 0.25) is 5.89 Å². The van der Waals surface area contributed by atoms with E-state index in [0.717, 1.165) is 13.1 Å². The number of benzene rings is 1. The molecule has 140 valence electrons. The van der Waals surface area contributed by atoms with Gasteiger partial charge in [-0.15, -0.1) is 0 Å². The lowest BCUT2D eigenvalue weighted by atomic mass is 10.2. The number of anilines is 1. The molecule has 1 N–H and O–H groups in total. The number of hydrogen-bond acceptors (Lipinski definition) is 6. The van der Waals surface area contributed by atoms with E-state index in [0.29, 0.717) is 31.2 Å². The molecule has 0 bridgehead atoms. The highest BCUT2D eigenvalue weighted by atomic mass is 19.1. The largest absolute Gasteiger partial charge is 0.447 e. The number of amides is 1. The maximum absolute atomic E-state index is 13.9. The van der Waals surface area contributed by atoms with Gasteiger partial charge in [0.25, 0.3) is 5.91 Å². The summed E-state index contributed by atoms with van der Waals surface area (Å²) in [6.07, 6.45) is 1.35. The molecule has 1 aromatic heterocycles. The summed E-state index contributed by atoms with van der Waals surface area (Å²) in [6, 6.07) is 6.79. The van der Waals surface area contributed by atoms with E-state index >= 15 is 0 Å². The molecule has 1 saturated heterocycles. The predicted molar refractivity (Wildman–Crippen MR) is 94.4 cm³/mol. The molecule has 1 aromatic carbocycles. The number of nitrogens with zero attached hydrogens (tertiary/aromatic N) is 4. The molecule has 1 amide bonds. The highest BCUT2D eigenvalue weighted by Crippen LogP contribution is 2.20. The summed E-state index contributed by atoms with van der Waals surface area (Å²) in [5.41, 5.74) is 0.865. The number of hydrogen-bond donors (Lipinski definition) is 1. The van der Waals surface area contributed by atoms with Gasteiger partial charge in [0, 0.05) is 39.8 Å². The zero-order valence-electron chi connectivity index (χ0n) is 14.8. The molecule has 2 aromatic rings. The number of aromatic nitrogens is 1. The van der Waals surface area contributed by atoms with Gasteiger partial charge in [0.05, 0.1) is 18.8 Å². The SMILES string of the molecule is CN(CCO)C(=O)c1coc(CN2CCN(c3ccccc3F)CC2)n1. The number of likely N-dealkylation sites (N-methyl/N-ethyl adjacent to an activating group) is 1. The smallest absolute Gasteiger partial charge is 0.275 e. The van der Waals surface area contributed by atoms with E-state index in [9.17, 15) is 9.18 Å². The highest BCUT2D eigenvalue weighted by molar-refractivity contribution is 5.91. The molecule has 8 heteroatoms. The number of para-hydroxylation sites is 1. The Morgan fingerprint density at radius 3 is 2.73 bits per heavy atom. The number of halogens is 1. The molecule has 2 heterocycles. The van der Waals surface area contributed by atoms with Crippen LogP contribution in [-0.2, 0) is 6.54 Å². The Labute approximate surface area is 151 Å². The Morgan fingerprint density at radius 2 is 2.04 bits per heavy atom. The molecule has 0 saturated carbocycles. The van der Waals surface area contributed by atoms with Gasteiger partial charge in [-0.25, -0.2) is 9.37 Å². The highest BCUT2D eigenvalue weighted by Gasteiger charge is 2.22. The van der Waals surface area contributed by atoms with Gasteiger partial charge < -0.3 is 19.3 Å². The summed E-state index contributed by atoms with van der Waals surface area (Å²) in [5, 5.41) is 8.90. The van der Waals surface area contributed by atoms with Crippen LogP contribution in [0, 0.1) is 5.82 Å². The minimum atomic E-state index is -0.279. The Kier molecular flexibility index (Phi) is 5.85. The molecule has 0 atom stereocenters. The van der Waals surface area contributed by atoms with Gasteiger partial charge in [-0.3, -0.25) is 9.69 Å². The van der Waals surface area contributed by atoms with E-state index in [1.54, 1.807) is 19.2 Å². The molecule has 0 spiro atoms. The van der Waals surface area contributed by atoms with Crippen molar-refractivity contribution in [2.75, 3.05) is 51.3 Å². The second-order valence-electron chi connectivity index (χ2n) is 6.29. The van der Waals surface area contributed by atoms with E-state index in [-0.39, 0.29) is 30.6 Å². The lowest BCUT2D eigenvalue weighted by Gasteiger charge is -2.35. The Hall–Kier alpha value is -2.45. The van der Waals surface area contributed by atoms with E-state index in [1.165, 1.54) is 17.2 Å². The Bertz CT molecular complexity index is 744. The van der Waals surface area contributed by atoms with Crippen molar-refractivity contribution in [1.82, 2.24) is 14.8 Å². The Balaban J connectivity index is 1.54. The zero-order chi connectivity index (χ0) is 18.5. The number of oxazole rings is 1. The number of aliphatic hydroxyl groups is 1. The van der Waals surface area contributed by atoms with Crippen molar-refractivity contribution in [2.24, 2.45) is 0 Å². The van der Waals surface area contributed by atoms with Crippen LogP contribution in [0.5, 0.6) is 0 Å². The van der Waals surface area contributed by atoms with Gasteiger partial charge >= 0.3 is 0 Å². The molecule has 0 radical (unpaired) electrons. The second kappa shape index (κ2) is 8.29. The van der Waals surface area contributed by atoms with Crippen LogP contribution >= 0.6 is 0 Å². The van der Waals surface area contributed by atoms with Crippen molar-refractivity contribution < 1.29 is 18.7 Å². The summed E-state index contributed by atoms with van der Waals surface area (Å²) in [5.74, 6) is -0.00711. The minimum absolute atomic E-state index is 0.0980. The van der Waals surface area contributed by atoms with Crippen LogP contribution in [-0.4, -0.2) is 72.2 Å². The quantitative estimate of drug-likeness (QED) is 0.833. The van der Waals surface area contributed by atoms with Gasteiger partial charge in [-0.05, 0) is 12.1 Å². The van der Waals surface area contributed by atoms with Crippen LogP contribution in [0.25, 0.3) is 0 Å². The molecule has 7 nitrogen and oxygen atoms in total. The van der Waals surface area contributed by atoms with E-state index in [4.69, 9.17) is 9.52 Å². The van der Waals surface area contributed by atoms with Crippen molar-refractivity contribution in [1.29, 1.82) is 0 Å². The number of rotatable bonds is 6. The van der Waals surface area contributed by atoms with Crippen molar-refractivity contribution in [3.63, 3.8) is 0 Å². The first-order valence-corrected chi connectivity index (χ1v) is 8.61. The molecule has 1 aliphatic rings. The lowest BCUT2D eigenvalue weighted by molar-refractivity contribution is 0.0761. The summed E-state index contributed by atoms with van der Waals surface area (Å²) < 4.78 is 19.3. The minimum Gasteiger partial charge on any atom is -0.447 e. The number of carbonyl (C=O) groups excluding carboxylic acids is 1. The zero-order valence-corrected chi connectivity index (χ0v) is 14.8. The number of carbonyl (C=O) groups is 1. The number of piperazine rings is 1. The molecular formula is C18H23FN4O3. The first kappa shape index (κ1) is 18.3. The molecule has 1 aliphatic heterocycles. The molecule has 26 heavy (non-hydrogen) atoms. The van der Waals surface area contributed by atoms with Gasteiger partial charge in [-0.2, -0.15) is 0 Å². The molecule has 1 fully saturated rings. The Morgan fingerprint density at radius 1 is 1.31 bits per heavy atom. The summed E-state index contributed by atoms with van der Waals surface area (Å²) in [7, 11) is 1.61.